The Balaban J connectivity index is 0.00000106. The van der Waals surface area contributed by atoms with E-state index in [0.717, 1.165) is 18.2 Å². The summed E-state index contributed by atoms with van der Waals surface area (Å²) in [5.41, 5.74) is -1.16. The smallest absolute Gasteiger partial charge is 0.392 e. The molecule has 1 N–H and O–H groups in total. The maximum atomic E-state index is 12.3. The van der Waals surface area contributed by atoms with Crippen molar-refractivity contribution in [3.63, 3.8) is 0 Å². The monoisotopic (exact) mass is 231 g/mol. The molecule has 0 bridgehead atoms. The molecule has 0 aliphatic rings. The Morgan fingerprint density at radius 1 is 1.31 bits per heavy atom. The average molecular weight is 231 g/mol. The van der Waals surface area contributed by atoms with Crippen molar-refractivity contribution in [2.24, 2.45) is 0 Å². The van der Waals surface area contributed by atoms with Crippen LogP contribution in [-0.2, 0) is 12.8 Å². The van der Waals surface area contributed by atoms with Crippen LogP contribution < -0.4 is 0 Å². The summed E-state index contributed by atoms with van der Waals surface area (Å²) < 4.78 is 36.8. The predicted molar refractivity (Wildman–Crippen MR) is 53.4 cm³/mol. The Morgan fingerprint density at radius 2 is 1.88 bits per heavy atom. The molecule has 0 amide bonds. The van der Waals surface area contributed by atoms with Crippen LogP contribution in [0.2, 0.25) is 0 Å². The fourth-order valence-corrected chi connectivity index (χ4v) is 1.03. The number of hydrogen-bond acceptors (Lipinski definition) is 2. The van der Waals surface area contributed by atoms with E-state index >= 15 is 0 Å². The van der Waals surface area contributed by atoms with E-state index in [0.29, 0.717) is 0 Å². The van der Waals surface area contributed by atoms with Gasteiger partial charge in [-0.15, -0.1) is 0 Å². The first-order chi connectivity index (χ1) is 7.49. The fourth-order valence-electron chi connectivity index (χ4n) is 1.03. The lowest BCUT2D eigenvalue weighted by atomic mass is 10.0. The molecule has 0 unspecified atom stereocenters. The molecule has 0 aromatic heterocycles. The molecule has 88 valence electrons. The number of halogens is 3. The highest BCUT2D eigenvalue weighted by Gasteiger charge is 2.33. The van der Waals surface area contributed by atoms with Crippen molar-refractivity contribution in [2.45, 2.75) is 26.6 Å². The highest BCUT2D eigenvalue weighted by Crippen LogP contribution is 2.32. The van der Waals surface area contributed by atoms with E-state index in [2.05, 4.69) is 0 Å². The Hall–Kier alpha value is -1.54. The topological polar surface area (TPSA) is 44.0 Å². The third-order valence-electron chi connectivity index (χ3n) is 1.69. The fraction of sp³-hybridized carbons (Fsp3) is 0.364. The molecule has 16 heavy (non-hydrogen) atoms. The van der Waals surface area contributed by atoms with Crippen LogP contribution in [0, 0.1) is 11.3 Å². The molecular weight excluding hydrogens is 219 g/mol. The predicted octanol–water partition coefficient (Wildman–Crippen LogP) is 3.10. The zero-order valence-corrected chi connectivity index (χ0v) is 8.97. The van der Waals surface area contributed by atoms with Gasteiger partial charge in [-0.1, -0.05) is 19.9 Å². The molecule has 0 aliphatic carbocycles. The van der Waals surface area contributed by atoms with Gasteiger partial charge in [0.25, 0.3) is 0 Å². The number of nitrogens with zero attached hydrogens (tertiary/aromatic N) is 1. The van der Waals surface area contributed by atoms with Crippen molar-refractivity contribution in [1.82, 2.24) is 0 Å². The Bertz CT molecular complexity index is 380. The number of aliphatic hydroxyl groups is 1. The minimum absolute atomic E-state index is 0.287. The third-order valence-corrected chi connectivity index (χ3v) is 1.69. The molecule has 1 rings (SSSR count). The van der Waals surface area contributed by atoms with Crippen molar-refractivity contribution < 1.29 is 18.3 Å². The Kier molecular flexibility index (Phi) is 5.54. The van der Waals surface area contributed by atoms with Gasteiger partial charge in [0.05, 0.1) is 23.8 Å². The van der Waals surface area contributed by atoms with Crippen molar-refractivity contribution in [2.75, 3.05) is 0 Å². The number of alkyl halides is 3. The van der Waals surface area contributed by atoms with Crippen LogP contribution in [0.3, 0.4) is 0 Å². The van der Waals surface area contributed by atoms with Crippen LogP contribution in [0.15, 0.2) is 18.2 Å². The van der Waals surface area contributed by atoms with E-state index in [1.165, 1.54) is 6.07 Å². The lowest BCUT2D eigenvalue weighted by molar-refractivity contribution is -0.137. The maximum absolute atomic E-state index is 12.3. The summed E-state index contributed by atoms with van der Waals surface area (Å²) in [4.78, 5) is 0. The molecule has 0 heterocycles. The molecule has 2 nitrogen and oxygen atoms in total. The van der Waals surface area contributed by atoms with Crippen LogP contribution in [0.25, 0.3) is 0 Å². The molecule has 0 spiro atoms. The van der Waals surface area contributed by atoms with Gasteiger partial charge in [-0.25, -0.2) is 0 Å². The lowest BCUT2D eigenvalue weighted by Crippen LogP contribution is -2.08. The molecule has 0 aliphatic heterocycles. The van der Waals surface area contributed by atoms with Crippen LogP contribution in [0.1, 0.15) is 30.5 Å². The van der Waals surface area contributed by atoms with Crippen molar-refractivity contribution >= 4 is 0 Å². The van der Waals surface area contributed by atoms with E-state index in [-0.39, 0.29) is 12.2 Å². The number of nitriles is 1. The lowest BCUT2D eigenvalue weighted by Gasteiger charge is -2.08. The SMILES string of the molecule is CC.N#Cc1cc(CO)ccc1C(F)(F)F. The molecule has 5 heteroatoms. The Labute approximate surface area is 91.9 Å². The minimum atomic E-state index is -4.53. The standard InChI is InChI=1S/C9H6F3NO.C2H6/c10-9(11,12)8-2-1-6(5-14)3-7(8)4-13;1-2/h1-3,14H,5H2;1-2H3. The van der Waals surface area contributed by atoms with Crippen LogP contribution in [-0.4, -0.2) is 5.11 Å². The normalized spacial score (nSPS) is 10.1. The summed E-state index contributed by atoms with van der Waals surface area (Å²) >= 11 is 0. The summed E-state index contributed by atoms with van der Waals surface area (Å²) in [6.07, 6.45) is -4.53. The maximum Gasteiger partial charge on any atom is 0.417 e. The van der Waals surface area contributed by atoms with Crippen molar-refractivity contribution in [3.8, 4) is 6.07 Å². The van der Waals surface area contributed by atoms with Gasteiger partial charge in [0.1, 0.15) is 0 Å². The first-order valence-electron chi connectivity index (χ1n) is 4.70. The summed E-state index contributed by atoms with van der Waals surface area (Å²) in [5.74, 6) is 0. The molecule has 0 fully saturated rings. The average Bonchev–Trinajstić information content (AvgIpc) is 2.29. The quantitative estimate of drug-likeness (QED) is 0.807. The summed E-state index contributed by atoms with van der Waals surface area (Å²) in [5, 5.41) is 17.1. The van der Waals surface area contributed by atoms with Crippen LogP contribution in [0.4, 0.5) is 13.2 Å². The second kappa shape index (κ2) is 6.13. The van der Waals surface area contributed by atoms with E-state index in [9.17, 15) is 13.2 Å². The Morgan fingerprint density at radius 3 is 2.25 bits per heavy atom. The second-order valence-corrected chi connectivity index (χ2v) is 2.65. The van der Waals surface area contributed by atoms with E-state index in [1.807, 2.05) is 13.8 Å². The van der Waals surface area contributed by atoms with Crippen LogP contribution >= 0.6 is 0 Å². The molecule has 0 radical (unpaired) electrons. The van der Waals surface area contributed by atoms with E-state index in [1.54, 1.807) is 0 Å². The highest BCUT2D eigenvalue weighted by molar-refractivity contribution is 5.42. The zero-order valence-electron chi connectivity index (χ0n) is 8.97. The van der Waals surface area contributed by atoms with Gasteiger partial charge in [-0.3, -0.25) is 0 Å². The van der Waals surface area contributed by atoms with Crippen LogP contribution in [0.5, 0.6) is 0 Å². The van der Waals surface area contributed by atoms with Crippen molar-refractivity contribution in [1.29, 1.82) is 5.26 Å². The largest absolute Gasteiger partial charge is 0.417 e. The zero-order chi connectivity index (χ0) is 12.8. The van der Waals surface area contributed by atoms with Gasteiger partial charge in [0.2, 0.25) is 0 Å². The first kappa shape index (κ1) is 14.5. The molecule has 1 aromatic carbocycles. The summed E-state index contributed by atoms with van der Waals surface area (Å²) in [6, 6.07) is 4.41. The summed E-state index contributed by atoms with van der Waals surface area (Å²) in [6.45, 7) is 3.62. The molecular formula is C11H12F3NO. The van der Waals surface area contributed by atoms with Gasteiger partial charge in [0.15, 0.2) is 0 Å². The van der Waals surface area contributed by atoms with Gasteiger partial charge >= 0.3 is 6.18 Å². The number of aliphatic hydroxyl groups excluding tert-OH is 1. The van der Waals surface area contributed by atoms with E-state index < -0.39 is 17.3 Å². The second-order valence-electron chi connectivity index (χ2n) is 2.65. The first-order valence-corrected chi connectivity index (χ1v) is 4.70. The number of hydrogen-bond donors (Lipinski definition) is 1. The number of benzene rings is 1. The highest BCUT2D eigenvalue weighted by atomic mass is 19.4. The minimum Gasteiger partial charge on any atom is -0.392 e. The molecule has 1 aromatic rings. The molecule has 0 saturated heterocycles. The summed E-state index contributed by atoms with van der Waals surface area (Å²) in [7, 11) is 0. The molecule has 0 saturated carbocycles. The molecule has 0 atom stereocenters. The van der Waals surface area contributed by atoms with Gasteiger partial charge in [0, 0.05) is 0 Å². The van der Waals surface area contributed by atoms with Gasteiger partial charge in [-0.2, -0.15) is 18.4 Å². The number of rotatable bonds is 1. The van der Waals surface area contributed by atoms with E-state index in [4.69, 9.17) is 10.4 Å². The van der Waals surface area contributed by atoms with Gasteiger partial charge in [-0.05, 0) is 17.7 Å². The third kappa shape index (κ3) is 3.55. The van der Waals surface area contributed by atoms with Gasteiger partial charge < -0.3 is 5.11 Å². The van der Waals surface area contributed by atoms with Crippen molar-refractivity contribution in [3.05, 3.63) is 34.9 Å².